The molecule has 0 unspecified atom stereocenters. The van der Waals surface area contributed by atoms with Crippen LogP contribution in [0.3, 0.4) is 0 Å². The number of benzene rings is 1. The molecule has 5 heteroatoms. The fourth-order valence-electron chi connectivity index (χ4n) is 2.27. The van der Waals surface area contributed by atoms with E-state index in [0.717, 1.165) is 22.5 Å². The average Bonchev–Trinajstić information content (AvgIpc) is 3.01. The molecular weight excluding hydrogens is 278 g/mol. The predicted molar refractivity (Wildman–Crippen MR) is 85.1 cm³/mol. The van der Waals surface area contributed by atoms with Gasteiger partial charge in [-0.2, -0.15) is 5.10 Å². The smallest absolute Gasteiger partial charge is 0.224 e. The van der Waals surface area contributed by atoms with Gasteiger partial charge in [0, 0.05) is 24.5 Å². The fourth-order valence-corrected chi connectivity index (χ4v) is 2.27. The zero-order valence-electron chi connectivity index (χ0n) is 12.3. The van der Waals surface area contributed by atoms with E-state index in [2.05, 4.69) is 10.4 Å². The second-order valence-electron chi connectivity index (χ2n) is 5.01. The Bertz CT molecular complexity index is 778. The number of aryl methyl sites for hydroxylation is 1. The lowest BCUT2D eigenvalue weighted by molar-refractivity contribution is -0.116. The average molecular weight is 295 g/mol. The molecule has 1 N–H and O–H groups in total. The molecule has 0 saturated heterocycles. The van der Waals surface area contributed by atoms with Crippen molar-refractivity contribution in [3.63, 3.8) is 0 Å². The van der Waals surface area contributed by atoms with Gasteiger partial charge in [-0.3, -0.25) is 4.79 Å². The largest absolute Gasteiger partial charge is 0.497 e. The summed E-state index contributed by atoms with van der Waals surface area (Å²) in [7, 11) is 1.64. The molecule has 0 aliphatic carbocycles. The van der Waals surface area contributed by atoms with Gasteiger partial charge in [-0.1, -0.05) is 12.1 Å². The summed E-state index contributed by atoms with van der Waals surface area (Å²) < 4.78 is 6.87. The molecule has 0 atom stereocenters. The summed E-state index contributed by atoms with van der Waals surface area (Å²) in [6, 6.07) is 13.4. The van der Waals surface area contributed by atoms with Gasteiger partial charge in [-0.25, -0.2) is 4.52 Å². The maximum Gasteiger partial charge on any atom is 0.224 e. The van der Waals surface area contributed by atoms with Crippen LogP contribution in [0.25, 0.3) is 5.52 Å². The first-order chi connectivity index (χ1) is 10.7. The van der Waals surface area contributed by atoms with Gasteiger partial charge >= 0.3 is 0 Å². The summed E-state index contributed by atoms with van der Waals surface area (Å²) in [5.41, 5.74) is 2.85. The minimum atomic E-state index is -0.000293. The van der Waals surface area contributed by atoms with Gasteiger partial charge in [-0.05, 0) is 42.3 Å². The van der Waals surface area contributed by atoms with Crippen LogP contribution < -0.4 is 10.1 Å². The second kappa shape index (κ2) is 6.30. The van der Waals surface area contributed by atoms with Gasteiger partial charge in [-0.15, -0.1) is 0 Å². The highest BCUT2D eigenvalue weighted by atomic mass is 16.5. The van der Waals surface area contributed by atoms with E-state index in [1.165, 1.54) is 0 Å². The first-order valence-corrected chi connectivity index (χ1v) is 7.11. The van der Waals surface area contributed by atoms with Gasteiger partial charge in [0.2, 0.25) is 5.91 Å². The number of ether oxygens (including phenoxy) is 1. The lowest BCUT2D eigenvalue weighted by Gasteiger charge is -2.06. The summed E-state index contributed by atoms with van der Waals surface area (Å²) in [6.07, 6.45) is 4.69. The minimum absolute atomic E-state index is 0.000293. The number of anilines is 1. The lowest BCUT2D eigenvalue weighted by Crippen LogP contribution is -2.12. The number of aromatic nitrogens is 2. The summed E-state index contributed by atoms with van der Waals surface area (Å²) in [5, 5.41) is 7.03. The highest BCUT2D eigenvalue weighted by Crippen LogP contribution is 2.14. The first-order valence-electron chi connectivity index (χ1n) is 7.11. The molecule has 0 spiro atoms. The van der Waals surface area contributed by atoms with Crippen LogP contribution >= 0.6 is 0 Å². The first kappa shape index (κ1) is 14.1. The van der Waals surface area contributed by atoms with Crippen LogP contribution in [0.1, 0.15) is 12.0 Å². The Morgan fingerprint density at radius 1 is 1.23 bits per heavy atom. The minimum Gasteiger partial charge on any atom is -0.497 e. The standard InChI is InChI=1S/C17H17N3O2/c1-22-16-5-2-13(3-6-16)4-7-17(21)19-14-9-11-20-15(12-14)8-10-18-20/h2-3,5-6,8-12H,4,7H2,1H3,(H,19,21). The predicted octanol–water partition coefficient (Wildman–Crippen LogP) is 2.91. The quantitative estimate of drug-likeness (QED) is 0.787. The maximum atomic E-state index is 12.0. The third-order valence-corrected chi connectivity index (χ3v) is 3.48. The highest BCUT2D eigenvalue weighted by molar-refractivity contribution is 5.91. The summed E-state index contributed by atoms with van der Waals surface area (Å²) in [6.45, 7) is 0. The SMILES string of the molecule is COc1ccc(CCC(=O)Nc2ccn3nccc3c2)cc1. The van der Waals surface area contributed by atoms with Crippen LogP contribution in [0.2, 0.25) is 0 Å². The molecular formula is C17H17N3O2. The molecule has 112 valence electrons. The van der Waals surface area contributed by atoms with Crippen molar-refractivity contribution in [2.45, 2.75) is 12.8 Å². The zero-order chi connectivity index (χ0) is 15.4. The van der Waals surface area contributed by atoms with Gasteiger partial charge in [0.15, 0.2) is 0 Å². The Balaban J connectivity index is 1.57. The molecule has 5 nitrogen and oxygen atoms in total. The highest BCUT2D eigenvalue weighted by Gasteiger charge is 2.04. The van der Waals surface area contributed by atoms with Gasteiger partial charge in [0.25, 0.3) is 0 Å². The van der Waals surface area contributed by atoms with Crippen molar-refractivity contribution in [1.82, 2.24) is 9.61 Å². The number of nitrogens with one attached hydrogen (secondary N) is 1. The number of amides is 1. The third kappa shape index (κ3) is 3.25. The van der Waals surface area contributed by atoms with Crippen molar-refractivity contribution < 1.29 is 9.53 Å². The second-order valence-corrected chi connectivity index (χ2v) is 5.01. The molecule has 0 aliphatic heterocycles. The molecule has 3 aromatic rings. The molecule has 3 rings (SSSR count). The molecule has 2 heterocycles. The number of carbonyl (C=O) groups is 1. The molecule has 0 bridgehead atoms. The van der Waals surface area contributed by atoms with Crippen molar-refractivity contribution in [2.24, 2.45) is 0 Å². The number of nitrogens with zero attached hydrogens (tertiary/aromatic N) is 2. The van der Waals surface area contributed by atoms with Crippen molar-refractivity contribution in [3.05, 3.63) is 60.4 Å². The Hall–Kier alpha value is -2.82. The zero-order valence-corrected chi connectivity index (χ0v) is 12.3. The summed E-state index contributed by atoms with van der Waals surface area (Å²) in [5.74, 6) is 0.821. The number of pyridine rings is 1. The summed E-state index contributed by atoms with van der Waals surface area (Å²) in [4.78, 5) is 12.0. The van der Waals surface area contributed by atoms with Crippen LogP contribution in [0.5, 0.6) is 5.75 Å². The normalized spacial score (nSPS) is 10.6. The topological polar surface area (TPSA) is 55.6 Å². The fraction of sp³-hybridized carbons (Fsp3) is 0.176. The van der Waals surface area contributed by atoms with E-state index in [0.29, 0.717) is 12.8 Å². The number of hydrogen-bond acceptors (Lipinski definition) is 3. The van der Waals surface area contributed by atoms with E-state index in [9.17, 15) is 4.79 Å². The maximum absolute atomic E-state index is 12.0. The monoisotopic (exact) mass is 295 g/mol. The Labute approximate surface area is 128 Å². The van der Waals surface area contributed by atoms with Gasteiger partial charge < -0.3 is 10.1 Å². The number of methoxy groups -OCH3 is 1. The molecule has 1 aromatic carbocycles. The van der Waals surface area contributed by atoms with Crippen molar-refractivity contribution in [2.75, 3.05) is 12.4 Å². The Kier molecular flexibility index (Phi) is 4.05. The van der Waals surface area contributed by atoms with Crippen molar-refractivity contribution in [1.29, 1.82) is 0 Å². The van der Waals surface area contributed by atoms with E-state index in [1.54, 1.807) is 17.8 Å². The molecule has 0 saturated carbocycles. The molecule has 0 radical (unpaired) electrons. The lowest BCUT2D eigenvalue weighted by atomic mass is 10.1. The number of carbonyl (C=O) groups excluding carboxylic acids is 1. The van der Waals surface area contributed by atoms with Crippen LogP contribution in [0.4, 0.5) is 5.69 Å². The van der Waals surface area contributed by atoms with E-state index in [1.807, 2.05) is 48.7 Å². The van der Waals surface area contributed by atoms with Gasteiger partial charge in [0.1, 0.15) is 5.75 Å². The Morgan fingerprint density at radius 2 is 2.05 bits per heavy atom. The third-order valence-electron chi connectivity index (χ3n) is 3.48. The summed E-state index contributed by atoms with van der Waals surface area (Å²) >= 11 is 0. The number of rotatable bonds is 5. The van der Waals surface area contributed by atoms with E-state index in [-0.39, 0.29) is 5.91 Å². The van der Waals surface area contributed by atoms with E-state index < -0.39 is 0 Å². The van der Waals surface area contributed by atoms with Crippen molar-refractivity contribution in [3.8, 4) is 5.75 Å². The van der Waals surface area contributed by atoms with E-state index >= 15 is 0 Å². The molecule has 0 fully saturated rings. The van der Waals surface area contributed by atoms with Crippen LogP contribution in [-0.4, -0.2) is 22.6 Å². The van der Waals surface area contributed by atoms with E-state index in [4.69, 9.17) is 4.74 Å². The van der Waals surface area contributed by atoms with Crippen LogP contribution in [0, 0.1) is 0 Å². The molecule has 2 aromatic heterocycles. The van der Waals surface area contributed by atoms with Gasteiger partial charge in [0.05, 0.1) is 12.6 Å². The van der Waals surface area contributed by atoms with Crippen LogP contribution in [0.15, 0.2) is 54.9 Å². The van der Waals surface area contributed by atoms with Crippen LogP contribution in [-0.2, 0) is 11.2 Å². The number of fused-ring (bicyclic) bond motifs is 1. The molecule has 1 amide bonds. The Morgan fingerprint density at radius 3 is 2.82 bits per heavy atom. The molecule has 22 heavy (non-hydrogen) atoms. The number of hydrogen-bond donors (Lipinski definition) is 1. The molecule has 0 aliphatic rings. The van der Waals surface area contributed by atoms with Crippen molar-refractivity contribution >= 4 is 17.1 Å².